The highest BCUT2D eigenvalue weighted by atomic mass is 16.3. The average molecular weight is 187 g/mol. The number of piperidine rings is 1. The number of aliphatic hydroxyl groups is 1. The van der Waals surface area contributed by atoms with Crippen molar-refractivity contribution in [3.8, 4) is 0 Å². The lowest BCUT2D eigenvalue weighted by molar-refractivity contribution is 0.0114. The number of hydrogen-bond donors (Lipinski definition) is 4. The second-order valence-electron chi connectivity index (χ2n) is 3.79. The minimum atomic E-state index is -0.486. The molecule has 0 amide bonds. The van der Waals surface area contributed by atoms with E-state index in [1.54, 1.807) is 0 Å². The van der Waals surface area contributed by atoms with Crippen molar-refractivity contribution >= 4 is 0 Å². The number of rotatable bonds is 5. The van der Waals surface area contributed by atoms with Crippen molar-refractivity contribution in [1.82, 2.24) is 10.6 Å². The molecule has 0 radical (unpaired) electrons. The third-order valence-corrected chi connectivity index (χ3v) is 2.55. The molecule has 78 valence electrons. The molecule has 0 aromatic heterocycles. The van der Waals surface area contributed by atoms with Gasteiger partial charge in [0, 0.05) is 6.54 Å². The zero-order valence-corrected chi connectivity index (χ0v) is 8.18. The molecule has 5 N–H and O–H groups in total. The molecule has 1 saturated heterocycles. The number of hydrogen-bond acceptors (Lipinski definition) is 4. The Hall–Kier alpha value is -0.160. The maximum atomic E-state index is 10.0. The summed E-state index contributed by atoms with van der Waals surface area (Å²) < 4.78 is 0. The summed E-state index contributed by atoms with van der Waals surface area (Å²) in [6.45, 7) is 4.18. The quantitative estimate of drug-likeness (QED) is 0.418. The van der Waals surface area contributed by atoms with Gasteiger partial charge in [0.1, 0.15) is 0 Å². The Morgan fingerprint density at radius 1 is 1.38 bits per heavy atom. The van der Waals surface area contributed by atoms with Gasteiger partial charge < -0.3 is 21.5 Å². The van der Waals surface area contributed by atoms with Gasteiger partial charge in [-0.15, -0.1) is 0 Å². The predicted molar refractivity (Wildman–Crippen MR) is 53.6 cm³/mol. The molecule has 1 aliphatic heterocycles. The molecule has 1 heterocycles. The fourth-order valence-electron chi connectivity index (χ4n) is 1.62. The van der Waals surface area contributed by atoms with Crippen molar-refractivity contribution in [3.05, 3.63) is 0 Å². The van der Waals surface area contributed by atoms with Gasteiger partial charge in [0.25, 0.3) is 0 Å². The summed E-state index contributed by atoms with van der Waals surface area (Å²) in [6, 6.07) is 0. The highest BCUT2D eigenvalue weighted by molar-refractivity contribution is 4.86. The van der Waals surface area contributed by atoms with Crippen molar-refractivity contribution in [2.45, 2.75) is 24.9 Å². The van der Waals surface area contributed by atoms with Crippen LogP contribution in [0.15, 0.2) is 0 Å². The molecule has 0 atom stereocenters. The van der Waals surface area contributed by atoms with Gasteiger partial charge >= 0.3 is 0 Å². The summed E-state index contributed by atoms with van der Waals surface area (Å²) in [7, 11) is 0. The van der Waals surface area contributed by atoms with Gasteiger partial charge in [-0.25, -0.2) is 0 Å². The molecule has 4 nitrogen and oxygen atoms in total. The van der Waals surface area contributed by atoms with Crippen LogP contribution in [0.3, 0.4) is 0 Å². The first-order chi connectivity index (χ1) is 6.27. The Labute approximate surface area is 79.9 Å². The highest BCUT2D eigenvalue weighted by Crippen LogP contribution is 2.16. The summed E-state index contributed by atoms with van der Waals surface area (Å²) in [5.74, 6) is 0. The first kappa shape index (κ1) is 10.9. The maximum Gasteiger partial charge on any atom is 0.0795 e. The highest BCUT2D eigenvalue weighted by Gasteiger charge is 2.27. The van der Waals surface area contributed by atoms with Crippen LogP contribution in [-0.2, 0) is 0 Å². The lowest BCUT2D eigenvalue weighted by Crippen LogP contribution is -2.48. The zero-order valence-electron chi connectivity index (χ0n) is 8.18. The second-order valence-corrected chi connectivity index (χ2v) is 3.79. The van der Waals surface area contributed by atoms with Crippen molar-refractivity contribution in [1.29, 1.82) is 0 Å². The van der Waals surface area contributed by atoms with E-state index in [0.29, 0.717) is 13.1 Å². The zero-order chi connectivity index (χ0) is 9.57. The minimum Gasteiger partial charge on any atom is -0.388 e. The topological polar surface area (TPSA) is 70.3 Å². The molecule has 0 bridgehead atoms. The largest absolute Gasteiger partial charge is 0.388 e. The fourth-order valence-corrected chi connectivity index (χ4v) is 1.62. The predicted octanol–water partition coefficient (Wildman–Crippen LogP) is -0.961. The average Bonchev–Trinajstić information content (AvgIpc) is 2.14. The molecule has 0 spiro atoms. The van der Waals surface area contributed by atoms with E-state index in [0.717, 1.165) is 38.9 Å². The van der Waals surface area contributed by atoms with E-state index in [9.17, 15) is 5.11 Å². The van der Waals surface area contributed by atoms with Crippen LogP contribution in [0.25, 0.3) is 0 Å². The molecule has 0 aromatic rings. The van der Waals surface area contributed by atoms with E-state index >= 15 is 0 Å². The summed E-state index contributed by atoms with van der Waals surface area (Å²) in [5.41, 5.74) is 4.88. The first-order valence-electron chi connectivity index (χ1n) is 5.11. The molecule has 1 rings (SSSR count). The van der Waals surface area contributed by atoms with Gasteiger partial charge in [-0.1, -0.05) is 0 Å². The Morgan fingerprint density at radius 2 is 2.08 bits per heavy atom. The van der Waals surface area contributed by atoms with Crippen molar-refractivity contribution in [3.63, 3.8) is 0 Å². The Morgan fingerprint density at radius 3 is 2.69 bits per heavy atom. The van der Waals surface area contributed by atoms with Crippen LogP contribution in [0.5, 0.6) is 0 Å². The molecule has 1 aliphatic rings. The maximum absolute atomic E-state index is 10.0. The second kappa shape index (κ2) is 5.54. The SMILES string of the molecule is NCCCNCC1(O)CCNCC1. The normalized spacial score (nSPS) is 21.7. The summed E-state index contributed by atoms with van der Waals surface area (Å²) >= 11 is 0. The van der Waals surface area contributed by atoms with E-state index in [4.69, 9.17) is 5.73 Å². The van der Waals surface area contributed by atoms with E-state index in [1.807, 2.05) is 0 Å². The van der Waals surface area contributed by atoms with Gasteiger partial charge in [-0.05, 0) is 45.4 Å². The van der Waals surface area contributed by atoms with E-state index < -0.39 is 5.60 Å². The van der Waals surface area contributed by atoms with Crippen LogP contribution in [-0.4, -0.2) is 43.4 Å². The van der Waals surface area contributed by atoms with E-state index in [-0.39, 0.29) is 0 Å². The molecule has 4 heteroatoms. The third kappa shape index (κ3) is 4.04. The number of nitrogens with two attached hydrogens (primary N) is 1. The summed E-state index contributed by atoms with van der Waals surface area (Å²) in [5, 5.41) is 16.5. The Bertz CT molecular complexity index is 135. The minimum absolute atomic E-state index is 0.486. The van der Waals surface area contributed by atoms with Crippen molar-refractivity contribution < 1.29 is 5.11 Å². The summed E-state index contributed by atoms with van der Waals surface area (Å²) in [4.78, 5) is 0. The fraction of sp³-hybridized carbons (Fsp3) is 1.00. The van der Waals surface area contributed by atoms with Crippen LogP contribution >= 0.6 is 0 Å². The number of nitrogens with one attached hydrogen (secondary N) is 2. The van der Waals surface area contributed by atoms with Crippen molar-refractivity contribution in [2.75, 3.05) is 32.7 Å². The smallest absolute Gasteiger partial charge is 0.0795 e. The van der Waals surface area contributed by atoms with Crippen LogP contribution in [0.1, 0.15) is 19.3 Å². The third-order valence-electron chi connectivity index (χ3n) is 2.55. The van der Waals surface area contributed by atoms with Gasteiger partial charge in [-0.3, -0.25) is 0 Å². The van der Waals surface area contributed by atoms with Gasteiger partial charge in [0.15, 0.2) is 0 Å². The van der Waals surface area contributed by atoms with Crippen LogP contribution in [0.4, 0.5) is 0 Å². The summed E-state index contributed by atoms with van der Waals surface area (Å²) in [6.07, 6.45) is 2.68. The molecule has 1 fully saturated rings. The van der Waals surface area contributed by atoms with E-state index in [2.05, 4.69) is 10.6 Å². The molecule has 0 aromatic carbocycles. The monoisotopic (exact) mass is 187 g/mol. The van der Waals surface area contributed by atoms with Crippen LogP contribution in [0.2, 0.25) is 0 Å². The van der Waals surface area contributed by atoms with Gasteiger partial charge in [0.05, 0.1) is 5.60 Å². The van der Waals surface area contributed by atoms with Crippen LogP contribution < -0.4 is 16.4 Å². The molecular weight excluding hydrogens is 166 g/mol. The lowest BCUT2D eigenvalue weighted by Gasteiger charge is -2.32. The van der Waals surface area contributed by atoms with Gasteiger partial charge in [-0.2, -0.15) is 0 Å². The molecular formula is C9H21N3O. The molecule has 0 unspecified atom stereocenters. The van der Waals surface area contributed by atoms with E-state index in [1.165, 1.54) is 0 Å². The van der Waals surface area contributed by atoms with Crippen LogP contribution in [0, 0.1) is 0 Å². The van der Waals surface area contributed by atoms with Crippen molar-refractivity contribution in [2.24, 2.45) is 5.73 Å². The lowest BCUT2D eigenvalue weighted by atomic mass is 9.92. The Balaban J connectivity index is 2.10. The van der Waals surface area contributed by atoms with Gasteiger partial charge in [0.2, 0.25) is 0 Å². The molecule has 0 saturated carbocycles. The standard InChI is InChI=1S/C9H21N3O/c10-4-1-5-12-8-9(13)2-6-11-7-3-9/h11-13H,1-8,10H2. The Kier molecular flexibility index (Phi) is 4.66. The molecule has 13 heavy (non-hydrogen) atoms. The first-order valence-corrected chi connectivity index (χ1v) is 5.11. The molecule has 0 aliphatic carbocycles.